The van der Waals surface area contributed by atoms with Crippen molar-refractivity contribution in [3.8, 4) is 0 Å². The molecule has 3 aromatic rings. The summed E-state index contributed by atoms with van der Waals surface area (Å²) in [5, 5.41) is 6.48. The van der Waals surface area contributed by atoms with Gasteiger partial charge in [-0.1, -0.05) is 6.07 Å². The number of carbonyl (C=O) groups is 1. The summed E-state index contributed by atoms with van der Waals surface area (Å²) in [4.78, 5) is 25.8. The van der Waals surface area contributed by atoms with Crippen molar-refractivity contribution in [2.75, 3.05) is 11.6 Å². The Morgan fingerprint density at radius 3 is 2.64 bits per heavy atom. The highest BCUT2D eigenvalue weighted by Crippen LogP contribution is 2.35. The summed E-state index contributed by atoms with van der Waals surface area (Å²) in [5.41, 5.74) is -1.36. The molecule has 0 aliphatic rings. The van der Waals surface area contributed by atoms with Crippen LogP contribution in [0, 0.1) is 6.92 Å². The normalized spacial score (nSPS) is 11.8. The molecule has 1 N–H and O–H groups in total. The Labute approximate surface area is 162 Å². The monoisotopic (exact) mass is 410 g/mol. The van der Waals surface area contributed by atoms with Gasteiger partial charge in [0, 0.05) is 23.7 Å². The van der Waals surface area contributed by atoms with Crippen molar-refractivity contribution < 1.29 is 18.0 Å². The number of benzene rings is 1. The largest absolute Gasteiger partial charge is 0.417 e. The number of alkyl halides is 3. The molecule has 10 heteroatoms. The van der Waals surface area contributed by atoms with Crippen molar-refractivity contribution in [1.82, 2.24) is 14.3 Å². The Kier molecular flexibility index (Phi) is 5.24. The third-order valence-electron chi connectivity index (χ3n) is 4.21. The van der Waals surface area contributed by atoms with Crippen molar-refractivity contribution in [2.45, 2.75) is 24.5 Å². The van der Waals surface area contributed by atoms with E-state index in [9.17, 15) is 22.8 Å². The highest BCUT2D eigenvalue weighted by atomic mass is 32.2. The average molecular weight is 410 g/mol. The zero-order chi connectivity index (χ0) is 20.6. The molecule has 3 rings (SSSR count). The van der Waals surface area contributed by atoms with Crippen molar-refractivity contribution >= 4 is 34.4 Å². The van der Waals surface area contributed by atoms with Gasteiger partial charge in [0.1, 0.15) is 12.2 Å². The van der Waals surface area contributed by atoms with Crippen LogP contribution in [0.2, 0.25) is 0 Å². The smallest absolute Gasteiger partial charge is 0.324 e. The third kappa shape index (κ3) is 3.77. The summed E-state index contributed by atoms with van der Waals surface area (Å²) >= 11 is 1.50. The summed E-state index contributed by atoms with van der Waals surface area (Å²) in [5.74, 6) is -0.528. The number of aryl methyl sites for hydroxylation is 2. The van der Waals surface area contributed by atoms with Gasteiger partial charge in [-0.3, -0.25) is 18.8 Å². The van der Waals surface area contributed by atoms with E-state index in [0.717, 1.165) is 9.46 Å². The van der Waals surface area contributed by atoms with Crippen LogP contribution in [-0.4, -0.2) is 26.5 Å². The Balaban J connectivity index is 2.03. The maximum atomic E-state index is 13.4. The van der Waals surface area contributed by atoms with Gasteiger partial charge >= 0.3 is 6.18 Å². The highest BCUT2D eigenvalue weighted by Gasteiger charge is 2.36. The molecule has 6 nitrogen and oxygen atoms in total. The summed E-state index contributed by atoms with van der Waals surface area (Å²) in [7, 11) is 1.44. The molecule has 0 aliphatic carbocycles. The summed E-state index contributed by atoms with van der Waals surface area (Å²) in [6.07, 6.45) is -2.81. The molecule has 28 heavy (non-hydrogen) atoms. The molecule has 0 spiro atoms. The lowest BCUT2D eigenvalue weighted by Crippen LogP contribution is -2.30. The van der Waals surface area contributed by atoms with Crippen molar-refractivity contribution in [3.63, 3.8) is 0 Å². The van der Waals surface area contributed by atoms with Gasteiger partial charge in [-0.15, -0.1) is 11.8 Å². The Bertz CT molecular complexity index is 1120. The maximum Gasteiger partial charge on any atom is 0.417 e. The lowest BCUT2D eigenvalue weighted by atomic mass is 10.1. The topological polar surface area (TPSA) is 68.9 Å². The van der Waals surface area contributed by atoms with Gasteiger partial charge in [-0.2, -0.15) is 18.3 Å². The zero-order valence-corrected chi connectivity index (χ0v) is 16.1. The van der Waals surface area contributed by atoms with Gasteiger partial charge in [0.05, 0.1) is 16.6 Å². The van der Waals surface area contributed by atoms with E-state index in [1.165, 1.54) is 30.4 Å². The number of thioether (sulfide) groups is 1. The van der Waals surface area contributed by atoms with E-state index in [-0.39, 0.29) is 16.7 Å². The van der Waals surface area contributed by atoms with Gasteiger partial charge in [0.25, 0.3) is 5.56 Å². The first-order valence-electron chi connectivity index (χ1n) is 8.20. The second kappa shape index (κ2) is 7.34. The number of amides is 1. The second-order valence-electron chi connectivity index (χ2n) is 6.17. The molecule has 1 aromatic carbocycles. The molecule has 0 fully saturated rings. The lowest BCUT2D eigenvalue weighted by molar-refractivity contribution is -0.136. The minimum Gasteiger partial charge on any atom is -0.324 e. The van der Waals surface area contributed by atoms with Crippen molar-refractivity contribution in [1.29, 1.82) is 0 Å². The Morgan fingerprint density at radius 1 is 1.29 bits per heavy atom. The molecular formula is C18H17F3N4O2S. The predicted octanol–water partition coefficient (Wildman–Crippen LogP) is 3.42. The van der Waals surface area contributed by atoms with E-state index in [1.807, 2.05) is 12.3 Å². The number of hydrogen-bond acceptors (Lipinski definition) is 4. The first-order chi connectivity index (χ1) is 13.1. The van der Waals surface area contributed by atoms with Gasteiger partial charge in [0.2, 0.25) is 5.91 Å². The minimum absolute atomic E-state index is 0.0506. The van der Waals surface area contributed by atoms with Crippen molar-refractivity contribution in [3.05, 3.63) is 51.9 Å². The number of nitrogens with zero attached hydrogens (tertiary/aromatic N) is 3. The molecule has 2 aromatic heterocycles. The second-order valence-corrected chi connectivity index (χ2v) is 7.05. The molecule has 0 atom stereocenters. The quantitative estimate of drug-likeness (QED) is 0.670. The number of halogens is 3. The molecule has 0 aliphatic heterocycles. The van der Waals surface area contributed by atoms with E-state index < -0.39 is 29.8 Å². The van der Waals surface area contributed by atoms with E-state index >= 15 is 0 Å². The maximum absolute atomic E-state index is 13.4. The van der Waals surface area contributed by atoms with Crippen LogP contribution in [0.3, 0.4) is 0 Å². The fraction of sp³-hybridized carbons (Fsp3) is 0.278. The number of pyridine rings is 1. The first-order valence-corrected chi connectivity index (χ1v) is 9.42. The molecule has 1 amide bonds. The molecule has 0 saturated heterocycles. The number of rotatable bonds is 4. The standard InChI is InChI=1S/C18H17F3N4O2S/c1-10-16-13(18(19,20)21)8-15(27)25(17(16)24(2)23-10)9-14(26)22-11-5-4-6-12(7-11)28-3/h4-8H,9H2,1-3H3,(H,22,26). The number of hydrogen-bond donors (Lipinski definition) is 1. The molecule has 2 heterocycles. The highest BCUT2D eigenvalue weighted by molar-refractivity contribution is 7.98. The lowest BCUT2D eigenvalue weighted by Gasteiger charge is -2.14. The molecule has 0 unspecified atom stereocenters. The number of aromatic nitrogens is 3. The fourth-order valence-electron chi connectivity index (χ4n) is 3.07. The number of carbonyl (C=O) groups excluding carboxylic acids is 1. The summed E-state index contributed by atoms with van der Waals surface area (Å²) in [6, 6.07) is 7.62. The van der Waals surface area contributed by atoms with Crippen LogP contribution < -0.4 is 10.9 Å². The minimum atomic E-state index is -4.70. The van der Waals surface area contributed by atoms with Crippen LogP contribution in [0.15, 0.2) is 40.0 Å². The SMILES string of the molecule is CSc1cccc(NC(=O)Cn2c(=O)cc(C(F)(F)F)c3c(C)nn(C)c32)c1. The molecule has 0 saturated carbocycles. The van der Waals surface area contributed by atoms with E-state index in [4.69, 9.17) is 0 Å². The van der Waals surface area contributed by atoms with Gasteiger partial charge in [-0.25, -0.2) is 0 Å². The summed E-state index contributed by atoms with van der Waals surface area (Å²) in [6.45, 7) is 0.996. The summed E-state index contributed by atoms with van der Waals surface area (Å²) < 4.78 is 42.3. The Hall–Kier alpha value is -2.75. The molecule has 148 valence electrons. The average Bonchev–Trinajstić information content (AvgIpc) is 2.90. The van der Waals surface area contributed by atoms with Crippen LogP contribution in [0.5, 0.6) is 0 Å². The number of anilines is 1. The fourth-order valence-corrected chi connectivity index (χ4v) is 3.53. The molecule has 0 radical (unpaired) electrons. The van der Waals surface area contributed by atoms with Crippen LogP contribution in [-0.2, 0) is 24.6 Å². The van der Waals surface area contributed by atoms with Gasteiger partial charge in [0.15, 0.2) is 0 Å². The van der Waals surface area contributed by atoms with Gasteiger partial charge < -0.3 is 5.32 Å². The van der Waals surface area contributed by atoms with Gasteiger partial charge in [-0.05, 0) is 31.4 Å². The van der Waals surface area contributed by atoms with Crippen LogP contribution >= 0.6 is 11.8 Å². The third-order valence-corrected chi connectivity index (χ3v) is 4.94. The number of fused-ring (bicyclic) bond motifs is 1. The van der Waals surface area contributed by atoms with Crippen LogP contribution in [0.4, 0.5) is 18.9 Å². The molecule has 0 bridgehead atoms. The van der Waals surface area contributed by atoms with E-state index in [1.54, 1.807) is 18.2 Å². The van der Waals surface area contributed by atoms with E-state index in [0.29, 0.717) is 11.8 Å². The first kappa shape index (κ1) is 20.0. The Morgan fingerprint density at radius 2 is 2.00 bits per heavy atom. The molecular weight excluding hydrogens is 393 g/mol. The van der Waals surface area contributed by atoms with Crippen molar-refractivity contribution in [2.24, 2.45) is 7.05 Å². The van der Waals surface area contributed by atoms with E-state index in [2.05, 4.69) is 10.4 Å². The zero-order valence-electron chi connectivity index (χ0n) is 15.3. The van der Waals surface area contributed by atoms with Crippen LogP contribution in [0.25, 0.3) is 11.0 Å². The van der Waals surface area contributed by atoms with Crippen LogP contribution in [0.1, 0.15) is 11.3 Å². The predicted molar refractivity (Wildman–Crippen MR) is 102 cm³/mol. The number of nitrogens with one attached hydrogen (secondary N) is 1.